The minimum absolute atomic E-state index is 0.262. The summed E-state index contributed by atoms with van der Waals surface area (Å²) in [6, 6.07) is 17.4. The standard InChI is InChI=1S/C27H23N3O5S/c1-17-2-6-20(29-27(32)19-5-9-24-25(12-19)34-11-10-33-24)13-23(17)30-26(31)18-3-7-21(8-4-18)35-15-22-14-28-16-36-22/h2-9,12-14,16H,10-11,15H2,1H3,(H,29,32)(H,30,31). The first kappa shape index (κ1) is 23.4. The maximum atomic E-state index is 12.8. The molecule has 0 aliphatic carbocycles. The highest BCUT2D eigenvalue weighted by Crippen LogP contribution is 2.31. The number of thiazole rings is 1. The number of rotatable bonds is 7. The van der Waals surface area contributed by atoms with Crippen LogP contribution in [0.2, 0.25) is 0 Å². The van der Waals surface area contributed by atoms with Gasteiger partial charge >= 0.3 is 0 Å². The Labute approximate surface area is 211 Å². The molecule has 182 valence electrons. The summed E-state index contributed by atoms with van der Waals surface area (Å²) in [4.78, 5) is 30.7. The van der Waals surface area contributed by atoms with Crippen LogP contribution in [0.15, 0.2) is 72.4 Å². The second-order valence-corrected chi connectivity index (χ2v) is 9.05. The van der Waals surface area contributed by atoms with Crippen LogP contribution in [0.1, 0.15) is 31.2 Å². The zero-order chi connectivity index (χ0) is 24.9. The Hall–Kier alpha value is -4.37. The van der Waals surface area contributed by atoms with E-state index in [0.717, 1.165) is 10.4 Å². The molecule has 0 atom stereocenters. The lowest BCUT2D eigenvalue weighted by Gasteiger charge is -2.18. The Morgan fingerprint density at radius 1 is 0.917 bits per heavy atom. The van der Waals surface area contributed by atoms with Gasteiger partial charge in [-0.3, -0.25) is 14.6 Å². The first-order valence-corrected chi connectivity index (χ1v) is 12.2. The highest BCUT2D eigenvalue weighted by molar-refractivity contribution is 7.09. The fraction of sp³-hybridized carbons (Fsp3) is 0.148. The Morgan fingerprint density at radius 2 is 1.67 bits per heavy atom. The lowest BCUT2D eigenvalue weighted by atomic mass is 10.1. The van der Waals surface area contributed by atoms with Crippen molar-refractivity contribution in [2.75, 3.05) is 23.8 Å². The first-order chi connectivity index (χ1) is 17.5. The molecular formula is C27H23N3O5S. The van der Waals surface area contributed by atoms with Gasteiger partial charge in [0.1, 0.15) is 25.6 Å². The number of carbonyl (C=O) groups is 2. The molecule has 8 nitrogen and oxygen atoms in total. The SMILES string of the molecule is Cc1ccc(NC(=O)c2ccc3c(c2)OCCO3)cc1NC(=O)c1ccc(OCc2cncs2)cc1. The molecule has 36 heavy (non-hydrogen) atoms. The Morgan fingerprint density at radius 3 is 2.44 bits per heavy atom. The summed E-state index contributed by atoms with van der Waals surface area (Å²) in [5.74, 6) is 1.28. The molecule has 3 aromatic carbocycles. The van der Waals surface area contributed by atoms with Crippen LogP contribution in [0.5, 0.6) is 17.2 Å². The summed E-state index contributed by atoms with van der Waals surface area (Å²) in [5.41, 5.74) is 4.72. The average molecular weight is 502 g/mol. The molecule has 0 unspecified atom stereocenters. The normalized spacial score (nSPS) is 12.0. The van der Waals surface area contributed by atoms with E-state index >= 15 is 0 Å². The predicted octanol–water partition coefficient (Wildman–Crippen LogP) is 5.31. The van der Waals surface area contributed by atoms with Crippen molar-refractivity contribution >= 4 is 34.5 Å². The van der Waals surface area contributed by atoms with Crippen LogP contribution in [-0.4, -0.2) is 30.0 Å². The monoisotopic (exact) mass is 501 g/mol. The van der Waals surface area contributed by atoms with Gasteiger partial charge in [0, 0.05) is 28.7 Å². The number of hydrogen-bond acceptors (Lipinski definition) is 7. The van der Waals surface area contributed by atoms with Crippen LogP contribution in [0.3, 0.4) is 0 Å². The average Bonchev–Trinajstić information content (AvgIpc) is 3.43. The number of anilines is 2. The lowest BCUT2D eigenvalue weighted by Crippen LogP contribution is -2.17. The summed E-state index contributed by atoms with van der Waals surface area (Å²) in [7, 11) is 0. The fourth-order valence-corrected chi connectivity index (χ4v) is 4.09. The molecule has 4 aromatic rings. The highest BCUT2D eigenvalue weighted by atomic mass is 32.1. The minimum atomic E-state index is -0.290. The third kappa shape index (κ3) is 5.47. The van der Waals surface area contributed by atoms with Crippen LogP contribution >= 0.6 is 11.3 Å². The van der Waals surface area contributed by atoms with Crippen molar-refractivity contribution in [1.82, 2.24) is 4.98 Å². The van der Waals surface area contributed by atoms with Crippen LogP contribution in [0.25, 0.3) is 0 Å². The van der Waals surface area contributed by atoms with Crippen molar-refractivity contribution in [1.29, 1.82) is 0 Å². The first-order valence-electron chi connectivity index (χ1n) is 11.3. The molecule has 0 saturated heterocycles. The number of carbonyl (C=O) groups excluding carboxylic acids is 2. The van der Waals surface area contributed by atoms with Crippen molar-refractivity contribution in [3.05, 3.63) is 93.9 Å². The number of fused-ring (bicyclic) bond motifs is 1. The van der Waals surface area contributed by atoms with Crippen molar-refractivity contribution in [2.24, 2.45) is 0 Å². The van der Waals surface area contributed by atoms with Crippen molar-refractivity contribution in [3.63, 3.8) is 0 Å². The zero-order valence-corrected chi connectivity index (χ0v) is 20.3. The number of ether oxygens (including phenoxy) is 3. The molecule has 1 aliphatic heterocycles. The molecule has 0 bridgehead atoms. The number of nitrogens with one attached hydrogen (secondary N) is 2. The Balaban J connectivity index is 1.23. The van der Waals surface area contributed by atoms with Crippen LogP contribution < -0.4 is 24.8 Å². The van der Waals surface area contributed by atoms with E-state index in [4.69, 9.17) is 14.2 Å². The molecule has 1 aromatic heterocycles. The second-order valence-electron chi connectivity index (χ2n) is 8.08. The van der Waals surface area contributed by atoms with Crippen molar-refractivity contribution in [2.45, 2.75) is 13.5 Å². The van der Waals surface area contributed by atoms with Gasteiger partial charge in [0.2, 0.25) is 0 Å². The van der Waals surface area contributed by atoms with E-state index in [1.807, 2.05) is 13.0 Å². The molecule has 0 spiro atoms. The largest absolute Gasteiger partial charge is 0.488 e. The third-order valence-corrected chi connectivity index (χ3v) is 6.28. The molecule has 0 saturated carbocycles. The van der Waals surface area contributed by atoms with E-state index in [2.05, 4.69) is 15.6 Å². The second kappa shape index (κ2) is 10.5. The van der Waals surface area contributed by atoms with Crippen molar-refractivity contribution < 1.29 is 23.8 Å². The lowest BCUT2D eigenvalue weighted by molar-refractivity contribution is 0.101. The fourth-order valence-electron chi connectivity index (χ4n) is 3.59. The van der Waals surface area contributed by atoms with Gasteiger partial charge in [-0.1, -0.05) is 6.07 Å². The summed E-state index contributed by atoms with van der Waals surface area (Å²) in [6.45, 7) is 3.25. The predicted molar refractivity (Wildman–Crippen MR) is 137 cm³/mol. The summed E-state index contributed by atoms with van der Waals surface area (Å²) >= 11 is 1.52. The van der Waals surface area contributed by atoms with E-state index in [1.54, 1.807) is 66.3 Å². The molecule has 5 rings (SSSR count). The summed E-state index contributed by atoms with van der Waals surface area (Å²) in [6.07, 6.45) is 1.77. The molecular weight excluding hydrogens is 478 g/mol. The van der Waals surface area contributed by atoms with Gasteiger partial charge in [-0.15, -0.1) is 11.3 Å². The Bertz CT molecular complexity index is 1390. The van der Waals surface area contributed by atoms with Crippen molar-refractivity contribution in [3.8, 4) is 17.2 Å². The topological polar surface area (TPSA) is 98.8 Å². The molecule has 0 fully saturated rings. The van der Waals surface area contributed by atoms with Gasteiger partial charge in [-0.2, -0.15) is 0 Å². The molecule has 2 heterocycles. The van der Waals surface area contributed by atoms with Gasteiger partial charge in [0.15, 0.2) is 11.5 Å². The number of hydrogen-bond donors (Lipinski definition) is 2. The number of amides is 2. The van der Waals surface area contributed by atoms with Crippen LogP contribution in [0, 0.1) is 6.92 Å². The van der Waals surface area contributed by atoms with E-state index in [0.29, 0.717) is 59.6 Å². The quantitative estimate of drug-likeness (QED) is 0.356. The van der Waals surface area contributed by atoms with Gasteiger partial charge in [0.05, 0.1) is 10.4 Å². The zero-order valence-electron chi connectivity index (χ0n) is 19.4. The molecule has 2 N–H and O–H groups in total. The molecule has 0 radical (unpaired) electrons. The minimum Gasteiger partial charge on any atom is -0.488 e. The van der Waals surface area contributed by atoms with Crippen LogP contribution in [-0.2, 0) is 6.61 Å². The van der Waals surface area contributed by atoms with Gasteiger partial charge in [0.25, 0.3) is 11.8 Å². The summed E-state index contributed by atoms with van der Waals surface area (Å²) in [5, 5.41) is 5.79. The van der Waals surface area contributed by atoms with Gasteiger partial charge < -0.3 is 24.8 Å². The highest BCUT2D eigenvalue weighted by Gasteiger charge is 2.16. The summed E-state index contributed by atoms with van der Waals surface area (Å²) < 4.78 is 16.8. The van der Waals surface area contributed by atoms with Gasteiger partial charge in [-0.05, 0) is 67.1 Å². The molecule has 1 aliphatic rings. The molecule has 9 heteroatoms. The van der Waals surface area contributed by atoms with Gasteiger partial charge in [-0.25, -0.2) is 0 Å². The number of nitrogens with zero attached hydrogens (tertiary/aromatic N) is 1. The smallest absolute Gasteiger partial charge is 0.255 e. The van der Waals surface area contributed by atoms with E-state index in [9.17, 15) is 9.59 Å². The molecule has 2 amide bonds. The van der Waals surface area contributed by atoms with E-state index in [1.165, 1.54) is 11.3 Å². The van der Waals surface area contributed by atoms with E-state index < -0.39 is 0 Å². The number of aryl methyl sites for hydroxylation is 1. The number of benzene rings is 3. The number of aromatic nitrogens is 1. The maximum Gasteiger partial charge on any atom is 0.255 e. The third-order valence-electron chi connectivity index (χ3n) is 5.53. The van der Waals surface area contributed by atoms with Crippen LogP contribution in [0.4, 0.5) is 11.4 Å². The Kier molecular flexibility index (Phi) is 6.81. The maximum absolute atomic E-state index is 12.8. The van der Waals surface area contributed by atoms with E-state index in [-0.39, 0.29) is 11.8 Å².